The van der Waals surface area contributed by atoms with Crippen molar-refractivity contribution < 1.29 is 14.2 Å². The van der Waals surface area contributed by atoms with Gasteiger partial charge >= 0.3 is 0 Å². The van der Waals surface area contributed by atoms with E-state index < -0.39 is 0 Å². The lowest BCUT2D eigenvalue weighted by molar-refractivity contribution is 0.170. The second-order valence-electron chi connectivity index (χ2n) is 4.49. The Morgan fingerprint density at radius 1 is 1.28 bits per heavy atom. The fraction of sp³-hybridized carbons (Fsp3) is 0.615. The van der Waals surface area contributed by atoms with E-state index in [-0.39, 0.29) is 0 Å². The Labute approximate surface area is 107 Å². The first-order chi connectivity index (χ1) is 8.79. The Balaban J connectivity index is 1.83. The molecule has 1 aliphatic rings. The summed E-state index contributed by atoms with van der Waals surface area (Å²) in [7, 11) is 1.67. The molecule has 0 atom stereocenters. The molecule has 1 heterocycles. The molecule has 2 N–H and O–H groups in total. The largest absolute Gasteiger partial charge is 0.477 e. The van der Waals surface area contributed by atoms with E-state index in [9.17, 15) is 0 Å². The molecule has 1 aromatic heterocycles. The fourth-order valence-corrected chi connectivity index (χ4v) is 1.49. The van der Waals surface area contributed by atoms with Gasteiger partial charge in [-0.05, 0) is 24.8 Å². The molecule has 1 saturated carbocycles. The van der Waals surface area contributed by atoms with Gasteiger partial charge in [-0.3, -0.25) is 0 Å². The quantitative estimate of drug-likeness (QED) is 0.715. The highest BCUT2D eigenvalue weighted by molar-refractivity contribution is 5.49. The number of aromatic nitrogens is 1. The average molecular weight is 252 g/mol. The van der Waals surface area contributed by atoms with Crippen LogP contribution in [0.3, 0.4) is 0 Å². The lowest BCUT2D eigenvalue weighted by Gasteiger charge is -2.10. The number of anilines is 1. The molecule has 5 heteroatoms. The standard InChI is InChI=1S/C13H20N2O3/c1-16-7-2-8-17-12-6-5-11(14)13(15-12)18-9-10-3-4-10/h5-6,10H,2-4,7-9,14H2,1H3. The molecular formula is C13H20N2O3. The van der Waals surface area contributed by atoms with Crippen molar-refractivity contribution in [2.45, 2.75) is 19.3 Å². The number of nitrogens with two attached hydrogens (primary N) is 1. The average Bonchev–Trinajstić information content (AvgIpc) is 3.19. The van der Waals surface area contributed by atoms with E-state index in [4.69, 9.17) is 19.9 Å². The molecule has 18 heavy (non-hydrogen) atoms. The summed E-state index contributed by atoms with van der Waals surface area (Å²) in [5.74, 6) is 1.70. The van der Waals surface area contributed by atoms with Crippen LogP contribution in [0, 0.1) is 5.92 Å². The predicted molar refractivity (Wildman–Crippen MR) is 68.9 cm³/mol. The molecule has 1 aromatic rings. The third-order valence-corrected chi connectivity index (χ3v) is 2.76. The summed E-state index contributed by atoms with van der Waals surface area (Å²) in [6, 6.07) is 3.52. The molecular weight excluding hydrogens is 232 g/mol. The van der Waals surface area contributed by atoms with E-state index in [1.54, 1.807) is 19.2 Å². The van der Waals surface area contributed by atoms with Crippen LogP contribution < -0.4 is 15.2 Å². The topological polar surface area (TPSA) is 66.6 Å². The minimum absolute atomic E-state index is 0.478. The second-order valence-corrected chi connectivity index (χ2v) is 4.49. The zero-order valence-electron chi connectivity index (χ0n) is 10.7. The van der Waals surface area contributed by atoms with Crippen molar-refractivity contribution >= 4 is 5.69 Å². The SMILES string of the molecule is COCCCOc1ccc(N)c(OCC2CC2)n1. The molecule has 0 aliphatic heterocycles. The van der Waals surface area contributed by atoms with Gasteiger partial charge in [0.05, 0.1) is 18.9 Å². The van der Waals surface area contributed by atoms with Crippen molar-refractivity contribution in [3.05, 3.63) is 12.1 Å². The molecule has 0 amide bonds. The van der Waals surface area contributed by atoms with Gasteiger partial charge in [-0.1, -0.05) is 0 Å². The monoisotopic (exact) mass is 252 g/mol. The molecule has 0 unspecified atom stereocenters. The van der Waals surface area contributed by atoms with Gasteiger partial charge in [-0.2, -0.15) is 4.98 Å². The van der Waals surface area contributed by atoms with Crippen LogP contribution in [-0.4, -0.2) is 31.9 Å². The van der Waals surface area contributed by atoms with Crippen molar-refractivity contribution in [1.29, 1.82) is 0 Å². The summed E-state index contributed by atoms with van der Waals surface area (Å²) in [5, 5.41) is 0. The van der Waals surface area contributed by atoms with Crippen molar-refractivity contribution in [3.8, 4) is 11.8 Å². The maximum absolute atomic E-state index is 5.81. The molecule has 1 aliphatic carbocycles. The van der Waals surface area contributed by atoms with Crippen LogP contribution in [0.25, 0.3) is 0 Å². The maximum Gasteiger partial charge on any atom is 0.240 e. The summed E-state index contributed by atoms with van der Waals surface area (Å²) in [6.07, 6.45) is 3.32. The summed E-state index contributed by atoms with van der Waals surface area (Å²) >= 11 is 0. The summed E-state index contributed by atoms with van der Waals surface area (Å²) in [5.41, 5.74) is 6.36. The third kappa shape index (κ3) is 4.07. The van der Waals surface area contributed by atoms with E-state index in [1.807, 2.05) is 0 Å². The van der Waals surface area contributed by atoms with Gasteiger partial charge in [0.2, 0.25) is 11.8 Å². The molecule has 0 bridgehead atoms. The van der Waals surface area contributed by atoms with Crippen LogP contribution in [0.5, 0.6) is 11.8 Å². The number of ether oxygens (including phenoxy) is 3. The first-order valence-corrected chi connectivity index (χ1v) is 6.30. The van der Waals surface area contributed by atoms with Gasteiger partial charge in [0.15, 0.2) is 0 Å². The number of nitrogen functional groups attached to an aromatic ring is 1. The number of methoxy groups -OCH3 is 1. The van der Waals surface area contributed by atoms with Gasteiger partial charge in [0.1, 0.15) is 0 Å². The summed E-state index contributed by atoms with van der Waals surface area (Å²) in [6.45, 7) is 1.96. The first-order valence-electron chi connectivity index (χ1n) is 6.30. The minimum Gasteiger partial charge on any atom is -0.477 e. The first kappa shape index (κ1) is 13.0. The van der Waals surface area contributed by atoms with Gasteiger partial charge in [0, 0.05) is 26.2 Å². The number of nitrogens with zero attached hydrogens (tertiary/aromatic N) is 1. The van der Waals surface area contributed by atoms with Crippen LogP contribution >= 0.6 is 0 Å². The Kier molecular flexibility index (Phi) is 4.64. The third-order valence-electron chi connectivity index (χ3n) is 2.76. The second kappa shape index (κ2) is 6.44. The lowest BCUT2D eigenvalue weighted by Crippen LogP contribution is -2.06. The van der Waals surface area contributed by atoms with E-state index in [1.165, 1.54) is 12.8 Å². The molecule has 0 aromatic carbocycles. The van der Waals surface area contributed by atoms with Gasteiger partial charge in [-0.15, -0.1) is 0 Å². The molecule has 0 radical (unpaired) electrons. The fourth-order valence-electron chi connectivity index (χ4n) is 1.49. The Morgan fingerprint density at radius 2 is 2.11 bits per heavy atom. The van der Waals surface area contributed by atoms with Gasteiger partial charge < -0.3 is 19.9 Å². The molecule has 0 saturated heterocycles. The van der Waals surface area contributed by atoms with Gasteiger partial charge in [0.25, 0.3) is 0 Å². The molecule has 5 nitrogen and oxygen atoms in total. The highest BCUT2D eigenvalue weighted by Gasteiger charge is 2.22. The number of hydrogen-bond acceptors (Lipinski definition) is 5. The van der Waals surface area contributed by atoms with E-state index in [0.29, 0.717) is 43.2 Å². The zero-order valence-corrected chi connectivity index (χ0v) is 10.7. The predicted octanol–water partition coefficient (Wildman–Crippen LogP) is 1.87. The summed E-state index contributed by atoms with van der Waals surface area (Å²) in [4.78, 5) is 4.26. The normalized spacial score (nSPS) is 14.5. The van der Waals surface area contributed by atoms with Crippen molar-refractivity contribution in [2.75, 3.05) is 32.7 Å². The lowest BCUT2D eigenvalue weighted by atomic mass is 10.4. The van der Waals surface area contributed by atoms with Crippen LogP contribution in [0.1, 0.15) is 19.3 Å². The van der Waals surface area contributed by atoms with Crippen LogP contribution in [0.15, 0.2) is 12.1 Å². The molecule has 1 fully saturated rings. The van der Waals surface area contributed by atoms with Crippen LogP contribution in [0.4, 0.5) is 5.69 Å². The molecule has 100 valence electrons. The number of hydrogen-bond donors (Lipinski definition) is 1. The Morgan fingerprint density at radius 3 is 2.83 bits per heavy atom. The van der Waals surface area contributed by atoms with Crippen LogP contribution in [0.2, 0.25) is 0 Å². The van der Waals surface area contributed by atoms with E-state index in [2.05, 4.69) is 4.98 Å². The van der Waals surface area contributed by atoms with E-state index >= 15 is 0 Å². The number of pyridine rings is 1. The highest BCUT2D eigenvalue weighted by Crippen LogP contribution is 2.30. The molecule has 2 rings (SSSR count). The van der Waals surface area contributed by atoms with E-state index in [0.717, 1.165) is 6.42 Å². The Hall–Kier alpha value is -1.49. The summed E-state index contributed by atoms with van der Waals surface area (Å²) < 4.78 is 16.0. The van der Waals surface area contributed by atoms with Crippen molar-refractivity contribution in [3.63, 3.8) is 0 Å². The highest BCUT2D eigenvalue weighted by atomic mass is 16.5. The Bertz CT molecular complexity index is 380. The zero-order chi connectivity index (χ0) is 12.8. The van der Waals surface area contributed by atoms with Crippen molar-refractivity contribution in [2.24, 2.45) is 5.92 Å². The van der Waals surface area contributed by atoms with Gasteiger partial charge in [-0.25, -0.2) is 0 Å². The number of rotatable bonds is 8. The van der Waals surface area contributed by atoms with Crippen LogP contribution in [-0.2, 0) is 4.74 Å². The minimum atomic E-state index is 0.478. The maximum atomic E-state index is 5.81. The smallest absolute Gasteiger partial charge is 0.240 e. The van der Waals surface area contributed by atoms with Crippen molar-refractivity contribution in [1.82, 2.24) is 4.98 Å². The molecule has 0 spiro atoms.